The average Bonchev–Trinajstić information content (AvgIpc) is 2.44. The van der Waals surface area contributed by atoms with E-state index in [-0.39, 0.29) is 11.5 Å². The minimum atomic E-state index is -0.668. The summed E-state index contributed by atoms with van der Waals surface area (Å²) in [6, 6.07) is 5.48. The van der Waals surface area contributed by atoms with Crippen molar-refractivity contribution in [2.45, 2.75) is 45.4 Å². The van der Waals surface area contributed by atoms with Gasteiger partial charge >= 0.3 is 0 Å². The van der Waals surface area contributed by atoms with Crippen molar-refractivity contribution < 1.29 is 9.84 Å². The van der Waals surface area contributed by atoms with Gasteiger partial charge in [-0.25, -0.2) is 0 Å². The molecule has 5 heteroatoms. The highest BCUT2D eigenvalue weighted by molar-refractivity contribution is 6.33. The molecular formula is C16H23Cl2NO2. The zero-order valence-corrected chi connectivity index (χ0v) is 14.2. The predicted octanol–water partition coefficient (Wildman–Crippen LogP) is 3.82. The molecule has 0 heterocycles. The standard InChI is InChI=1S/C16H23Cl2NO2/c1-4-21-15-8-14(16(15,2)3)19-9-13(20)11-7-10(17)5-6-12(11)18/h5-7,13-15,19-20H,4,8-9H2,1-3H3. The minimum absolute atomic E-state index is 0.0772. The Labute approximate surface area is 136 Å². The van der Waals surface area contributed by atoms with Crippen LogP contribution in [0.15, 0.2) is 18.2 Å². The van der Waals surface area contributed by atoms with E-state index < -0.39 is 6.10 Å². The van der Waals surface area contributed by atoms with Crippen LogP contribution in [-0.4, -0.2) is 30.4 Å². The van der Waals surface area contributed by atoms with E-state index in [9.17, 15) is 5.11 Å². The molecule has 3 atom stereocenters. The Bertz CT molecular complexity index is 493. The lowest BCUT2D eigenvalue weighted by molar-refractivity contribution is -0.115. The number of benzene rings is 1. The van der Waals surface area contributed by atoms with Crippen molar-refractivity contribution in [3.63, 3.8) is 0 Å². The SMILES string of the molecule is CCOC1CC(NCC(O)c2cc(Cl)ccc2Cl)C1(C)C. The summed E-state index contributed by atoms with van der Waals surface area (Å²) >= 11 is 12.1. The lowest BCUT2D eigenvalue weighted by Crippen LogP contribution is -2.61. The van der Waals surface area contributed by atoms with Crippen molar-refractivity contribution >= 4 is 23.2 Å². The summed E-state index contributed by atoms with van der Waals surface area (Å²) in [6.45, 7) is 7.58. The van der Waals surface area contributed by atoms with Crippen molar-refractivity contribution in [3.8, 4) is 0 Å². The van der Waals surface area contributed by atoms with Crippen molar-refractivity contribution in [2.75, 3.05) is 13.2 Å². The third-order valence-corrected chi connectivity index (χ3v) is 5.00. The Morgan fingerprint density at radius 2 is 2.14 bits per heavy atom. The fraction of sp³-hybridized carbons (Fsp3) is 0.625. The lowest BCUT2D eigenvalue weighted by atomic mass is 9.64. The minimum Gasteiger partial charge on any atom is -0.387 e. The largest absolute Gasteiger partial charge is 0.387 e. The van der Waals surface area contributed by atoms with Gasteiger partial charge in [-0.2, -0.15) is 0 Å². The fourth-order valence-corrected chi connectivity index (χ4v) is 3.27. The second kappa shape index (κ2) is 6.84. The van der Waals surface area contributed by atoms with E-state index in [0.29, 0.717) is 28.2 Å². The van der Waals surface area contributed by atoms with E-state index in [1.165, 1.54) is 0 Å². The molecule has 118 valence electrons. The number of ether oxygens (including phenoxy) is 1. The van der Waals surface area contributed by atoms with Crippen LogP contribution in [0.1, 0.15) is 38.9 Å². The molecule has 1 aliphatic rings. The van der Waals surface area contributed by atoms with Crippen LogP contribution in [0.4, 0.5) is 0 Å². The molecule has 1 fully saturated rings. The van der Waals surface area contributed by atoms with Crippen molar-refractivity contribution in [2.24, 2.45) is 5.41 Å². The van der Waals surface area contributed by atoms with Crippen LogP contribution in [0, 0.1) is 5.41 Å². The van der Waals surface area contributed by atoms with Crippen molar-refractivity contribution in [1.82, 2.24) is 5.32 Å². The molecule has 1 aromatic carbocycles. The van der Waals surface area contributed by atoms with E-state index in [1.54, 1.807) is 18.2 Å². The van der Waals surface area contributed by atoms with Crippen molar-refractivity contribution in [1.29, 1.82) is 0 Å². The first-order valence-corrected chi connectivity index (χ1v) is 8.09. The quantitative estimate of drug-likeness (QED) is 0.832. The number of hydrogen-bond acceptors (Lipinski definition) is 3. The summed E-state index contributed by atoms with van der Waals surface area (Å²) in [5.74, 6) is 0. The highest BCUT2D eigenvalue weighted by atomic mass is 35.5. The van der Waals surface area contributed by atoms with Crippen LogP contribution in [0.3, 0.4) is 0 Å². The van der Waals surface area contributed by atoms with Gasteiger partial charge in [-0.05, 0) is 31.5 Å². The second-order valence-electron chi connectivity index (χ2n) is 6.14. The molecule has 3 nitrogen and oxygen atoms in total. The van der Waals surface area contributed by atoms with Gasteiger partial charge in [0.2, 0.25) is 0 Å². The molecule has 1 saturated carbocycles. The normalized spacial score (nSPS) is 25.4. The van der Waals surface area contributed by atoms with Crippen LogP contribution in [0.5, 0.6) is 0 Å². The zero-order chi connectivity index (χ0) is 15.6. The molecule has 21 heavy (non-hydrogen) atoms. The first-order chi connectivity index (χ1) is 9.86. The number of halogens is 2. The van der Waals surface area contributed by atoms with Crippen LogP contribution in [0.25, 0.3) is 0 Å². The summed E-state index contributed by atoms with van der Waals surface area (Å²) in [6.07, 6.45) is 0.585. The van der Waals surface area contributed by atoms with Crippen LogP contribution in [-0.2, 0) is 4.74 Å². The molecule has 0 aromatic heterocycles. The molecule has 0 spiro atoms. The molecule has 3 unspecified atom stereocenters. The summed E-state index contributed by atoms with van der Waals surface area (Å²) in [5, 5.41) is 14.8. The predicted molar refractivity (Wildman–Crippen MR) is 87.0 cm³/mol. The molecule has 2 N–H and O–H groups in total. The van der Waals surface area contributed by atoms with Gasteiger partial charge in [-0.3, -0.25) is 0 Å². The lowest BCUT2D eigenvalue weighted by Gasteiger charge is -2.52. The monoisotopic (exact) mass is 331 g/mol. The number of rotatable bonds is 6. The Morgan fingerprint density at radius 3 is 2.76 bits per heavy atom. The molecule has 0 aliphatic heterocycles. The van der Waals surface area contributed by atoms with Crippen LogP contribution in [0.2, 0.25) is 10.0 Å². The van der Waals surface area contributed by atoms with Gasteiger partial charge in [0.1, 0.15) is 0 Å². The van der Waals surface area contributed by atoms with Gasteiger partial charge in [0.15, 0.2) is 0 Å². The Morgan fingerprint density at radius 1 is 1.43 bits per heavy atom. The number of aliphatic hydroxyl groups excluding tert-OH is 1. The van der Waals surface area contributed by atoms with Crippen molar-refractivity contribution in [3.05, 3.63) is 33.8 Å². The number of nitrogens with one attached hydrogen (secondary N) is 1. The molecule has 2 rings (SSSR count). The first kappa shape index (κ1) is 17.0. The maximum Gasteiger partial charge on any atom is 0.0929 e. The zero-order valence-electron chi connectivity index (χ0n) is 12.7. The Kier molecular flexibility index (Phi) is 5.55. The van der Waals surface area contributed by atoms with Crippen LogP contribution < -0.4 is 5.32 Å². The summed E-state index contributed by atoms with van der Waals surface area (Å²) in [7, 11) is 0. The maximum atomic E-state index is 10.3. The molecule has 1 aromatic rings. The highest BCUT2D eigenvalue weighted by Gasteiger charge is 2.48. The van der Waals surface area contributed by atoms with E-state index in [4.69, 9.17) is 27.9 Å². The summed E-state index contributed by atoms with van der Waals surface area (Å²) < 4.78 is 5.71. The molecule has 0 amide bonds. The Balaban J connectivity index is 1.90. The molecule has 0 saturated heterocycles. The van der Waals surface area contributed by atoms with Crippen LogP contribution >= 0.6 is 23.2 Å². The van der Waals surface area contributed by atoms with E-state index >= 15 is 0 Å². The molecule has 0 bridgehead atoms. The van der Waals surface area contributed by atoms with E-state index in [2.05, 4.69) is 19.2 Å². The third kappa shape index (κ3) is 3.72. The van der Waals surface area contributed by atoms with Gasteiger partial charge in [0, 0.05) is 40.2 Å². The number of aliphatic hydroxyl groups is 1. The van der Waals surface area contributed by atoms with Gasteiger partial charge < -0.3 is 15.2 Å². The third-order valence-electron chi connectivity index (χ3n) is 4.42. The van der Waals surface area contributed by atoms with Gasteiger partial charge in [-0.1, -0.05) is 37.0 Å². The van der Waals surface area contributed by atoms with Gasteiger partial charge in [-0.15, -0.1) is 0 Å². The van der Waals surface area contributed by atoms with Gasteiger partial charge in [0.05, 0.1) is 12.2 Å². The fourth-order valence-electron chi connectivity index (χ4n) is 2.85. The average molecular weight is 332 g/mol. The number of hydrogen-bond donors (Lipinski definition) is 2. The molecule has 0 radical (unpaired) electrons. The smallest absolute Gasteiger partial charge is 0.0929 e. The maximum absolute atomic E-state index is 10.3. The second-order valence-corrected chi connectivity index (χ2v) is 6.99. The van der Waals surface area contributed by atoms with Gasteiger partial charge in [0.25, 0.3) is 0 Å². The summed E-state index contributed by atoms with van der Waals surface area (Å²) in [4.78, 5) is 0. The Hall–Kier alpha value is -0.320. The first-order valence-electron chi connectivity index (χ1n) is 7.34. The highest BCUT2D eigenvalue weighted by Crippen LogP contribution is 2.42. The summed E-state index contributed by atoms with van der Waals surface area (Å²) in [5.41, 5.74) is 0.739. The van der Waals surface area contributed by atoms with E-state index in [0.717, 1.165) is 13.0 Å². The van der Waals surface area contributed by atoms with E-state index in [1.807, 2.05) is 6.92 Å². The molecular weight excluding hydrogens is 309 g/mol. The topological polar surface area (TPSA) is 41.5 Å². The molecule has 1 aliphatic carbocycles.